The molecule has 1 atom stereocenters. The number of rotatable bonds is 6. The van der Waals surface area contributed by atoms with Crippen LogP contribution in [0.5, 0.6) is 5.88 Å². The summed E-state index contributed by atoms with van der Waals surface area (Å²) < 4.78 is 5.18. The fourth-order valence-corrected chi connectivity index (χ4v) is 1.65. The van der Waals surface area contributed by atoms with Crippen molar-refractivity contribution < 1.29 is 9.53 Å². The molecule has 0 aromatic carbocycles. The molecule has 6 heteroatoms. The van der Waals surface area contributed by atoms with Gasteiger partial charge in [0.15, 0.2) is 0 Å². The lowest BCUT2D eigenvalue weighted by molar-refractivity contribution is -0.116. The average molecular weight is 266 g/mol. The van der Waals surface area contributed by atoms with Crippen molar-refractivity contribution in [3.05, 3.63) is 12.3 Å². The van der Waals surface area contributed by atoms with E-state index in [2.05, 4.69) is 10.3 Å². The fraction of sp³-hybridized carbons (Fsp3) is 0.538. The van der Waals surface area contributed by atoms with Crippen LogP contribution in [0.3, 0.4) is 0 Å². The quantitative estimate of drug-likeness (QED) is 0.809. The average Bonchev–Trinajstić information content (AvgIpc) is 2.38. The Morgan fingerprint density at radius 1 is 1.58 bits per heavy atom. The Balaban J connectivity index is 2.95. The van der Waals surface area contributed by atoms with Crippen LogP contribution < -0.4 is 20.7 Å². The van der Waals surface area contributed by atoms with E-state index < -0.39 is 0 Å². The molecule has 0 aliphatic carbocycles. The molecule has 0 bridgehead atoms. The van der Waals surface area contributed by atoms with Gasteiger partial charge in [-0.25, -0.2) is 4.98 Å². The fourth-order valence-electron chi connectivity index (χ4n) is 1.65. The molecule has 0 aliphatic rings. The number of hydrogen-bond acceptors (Lipinski definition) is 5. The maximum atomic E-state index is 11.9. The van der Waals surface area contributed by atoms with Gasteiger partial charge in [0.2, 0.25) is 11.8 Å². The molecule has 0 aliphatic heterocycles. The lowest BCUT2D eigenvalue weighted by Crippen LogP contribution is -2.27. The number of nitrogens with zero attached hydrogens (tertiary/aromatic N) is 2. The van der Waals surface area contributed by atoms with Gasteiger partial charge in [0, 0.05) is 32.8 Å². The van der Waals surface area contributed by atoms with Gasteiger partial charge in [-0.3, -0.25) is 4.79 Å². The molecule has 1 amide bonds. The number of anilines is 2. The van der Waals surface area contributed by atoms with Crippen molar-refractivity contribution in [1.82, 2.24) is 4.98 Å². The number of aromatic nitrogens is 1. The summed E-state index contributed by atoms with van der Waals surface area (Å²) >= 11 is 0. The van der Waals surface area contributed by atoms with E-state index in [4.69, 9.17) is 10.5 Å². The van der Waals surface area contributed by atoms with E-state index >= 15 is 0 Å². The first-order valence-electron chi connectivity index (χ1n) is 6.25. The number of nitrogens with two attached hydrogens (primary N) is 1. The standard InChI is InChI=1S/C13H22N4O2/c1-5-9(14)8-11(18)16-12-10(17(2)3)6-7-15-13(12)19-4/h6-7,9H,5,8,14H2,1-4H3,(H,16,18). The molecule has 1 unspecified atom stereocenters. The van der Waals surface area contributed by atoms with Crippen molar-refractivity contribution in [2.75, 3.05) is 31.4 Å². The molecule has 1 aromatic heterocycles. The number of hydrogen-bond donors (Lipinski definition) is 2. The molecule has 1 aromatic rings. The van der Waals surface area contributed by atoms with Gasteiger partial charge >= 0.3 is 0 Å². The summed E-state index contributed by atoms with van der Waals surface area (Å²) in [6.07, 6.45) is 2.68. The summed E-state index contributed by atoms with van der Waals surface area (Å²) in [5.41, 5.74) is 7.19. The van der Waals surface area contributed by atoms with Crippen LogP contribution >= 0.6 is 0 Å². The summed E-state index contributed by atoms with van der Waals surface area (Å²) in [6, 6.07) is 1.68. The largest absolute Gasteiger partial charge is 0.479 e. The number of pyridine rings is 1. The van der Waals surface area contributed by atoms with Crippen LogP contribution in [0.25, 0.3) is 0 Å². The summed E-state index contributed by atoms with van der Waals surface area (Å²) in [6.45, 7) is 1.95. The van der Waals surface area contributed by atoms with E-state index in [0.717, 1.165) is 12.1 Å². The number of carbonyl (C=O) groups is 1. The smallest absolute Gasteiger partial charge is 0.239 e. The van der Waals surface area contributed by atoms with Crippen molar-refractivity contribution >= 4 is 17.3 Å². The summed E-state index contributed by atoms with van der Waals surface area (Å²) in [7, 11) is 5.31. The molecule has 0 saturated heterocycles. The van der Waals surface area contributed by atoms with Gasteiger partial charge in [-0.15, -0.1) is 0 Å². The number of methoxy groups -OCH3 is 1. The van der Waals surface area contributed by atoms with Gasteiger partial charge in [0.25, 0.3) is 0 Å². The van der Waals surface area contributed by atoms with Crippen molar-refractivity contribution in [2.24, 2.45) is 5.73 Å². The van der Waals surface area contributed by atoms with Crippen LogP contribution in [-0.4, -0.2) is 38.1 Å². The Bertz CT molecular complexity index is 435. The van der Waals surface area contributed by atoms with Gasteiger partial charge in [0.05, 0.1) is 12.8 Å². The van der Waals surface area contributed by atoms with Crippen molar-refractivity contribution in [3.8, 4) is 5.88 Å². The maximum absolute atomic E-state index is 11.9. The molecule has 0 fully saturated rings. The first-order chi connectivity index (χ1) is 8.99. The third kappa shape index (κ3) is 4.10. The highest BCUT2D eigenvalue weighted by Crippen LogP contribution is 2.32. The summed E-state index contributed by atoms with van der Waals surface area (Å²) in [4.78, 5) is 17.9. The highest BCUT2D eigenvalue weighted by molar-refractivity contribution is 5.96. The number of nitrogens with one attached hydrogen (secondary N) is 1. The Morgan fingerprint density at radius 3 is 2.79 bits per heavy atom. The molecule has 19 heavy (non-hydrogen) atoms. The molecule has 0 radical (unpaired) electrons. The minimum Gasteiger partial charge on any atom is -0.479 e. The molecule has 6 nitrogen and oxygen atoms in total. The first-order valence-corrected chi connectivity index (χ1v) is 6.25. The topological polar surface area (TPSA) is 80.5 Å². The number of carbonyl (C=O) groups excluding carboxylic acids is 1. The third-order valence-corrected chi connectivity index (χ3v) is 2.81. The van der Waals surface area contributed by atoms with Gasteiger partial charge in [0.1, 0.15) is 5.69 Å². The van der Waals surface area contributed by atoms with Crippen LogP contribution in [0.4, 0.5) is 11.4 Å². The first kappa shape index (κ1) is 15.2. The van der Waals surface area contributed by atoms with Crippen molar-refractivity contribution in [2.45, 2.75) is 25.8 Å². The van der Waals surface area contributed by atoms with Gasteiger partial charge in [-0.05, 0) is 12.5 Å². The zero-order chi connectivity index (χ0) is 14.4. The van der Waals surface area contributed by atoms with Crippen molar-refractivity contribution in [3.63, 3.8) is 0 Å². The summed E-state index contributed by atoms with van der Waals surface area (Å²) in [5.74, 6) is 0.258. The monoisotopic (exact) mass is 266 g/mol. The normalized spacial score (nSPS) is 11.8. The Labute approximate surface area is 113 Å². The second-order valence-corrected chi connectivity index (χ2v) is 4.53. The molecular weight excluding hydrogens is 244 g/mol. The maximum Gasteiger partial charge on any atom is 0.239 e. The van der Waals surface area contributed by atoms with E-state index in [0.29, 0.717) is 11.6 Å². The Kier molecular flexibility index (Phi) is 5.57. The SMILES string of the molecule is CCC(N)CC(=O)Nc1c(N(C)C)ccnc1OC. The molecule has 0 spiro atoms. The zero-order valence-electron chi connectivity index (χ0n) is 11.9. The second-order valence-electron chi connectivity index (χ2n) is 4.53. The van der Waals surface area contributed by atoms with Gasteiger partial charge < -0.3 is 20.7 Å². The Hall–Kier alpha value is -1.82. The molecule has 3 N–H and O–H groups in total. The van der Waals surface area contributed by atoms with Crippen LogP contribution in [0.1, 0.15) is 19.8 Å². The lowest BCUT2D eigenvalue weighted by atomic mass is 10.1. The molecule has 106 valence electrons. The van der Waals surface area contributed by atoms with E-state index in [1.54, 1.807) is 6.20 Å². The molecular formula is C13H22N4O2. The number of ether oxygens (including phenoxy) is 1. The molecule has 1 heterocycles. The minimum absolute atomic E-state index is 0.134. The van der Waals surface area contributed by atoms with Crippen LogP contribution in [0.2, 0.25) is 0 Å². The van der Waals surface area contributed by atoms with Gasteiger partial charge in [-0.2, -0.15) is 0 Å². The van der Waals surface area contributed by atoms with E-state index in [-0.39, 0.29) is 18.4 Å². The van der Waals surface area contributed by atoms with Crippen LogP contribution in [0, 0.1) is 0 Å². The Morgan fingerprint density at radius 2 is 2.26 bits per heavy atom. The van der Waals surface area contributed by atoms with Crippen LogP contribution in [0.15, 0.2) is 12.3 Å². The minimum atomic E-state index is -0.135. The summed E-state index contributed by atoms with van der Waals surface area (Å²) in [5, 5.41) is 2.83. The van der Waals surface area contributed by atoms with Crippen LogP contribution in [-0.2, 0) is 4.79 Å². The lowest BCUT2D eigenvalue weighted by Gasteiger charge is -2.19. The predicted molar refractivity (Wildman–Crippen MR) is 76.6 cm³/mol. The highest BCUT2D eigenvalue weighted by atomic mass is 16.5. The van der Waals surface area contributed by atoms with Gasteiger partial charge in [-0.1, -0.05) is 6.92 Å². The third-order valence-electron chi connectivity index (χ3n) is 2.81. The molecule has 0 saturated carbocycles. The highest BCUT2D eigenvalue weighted by Gasteiger charge is 2.16. The van der Waals surface area contributed by atoms with E-state index in [1.807, 2.05) is 32.0 Å². The van der Waals surface area contributed by atoms with E-state index in [9.17, 15) is 4.79 Å². The zero-order valence-corrected chi connectivity index (χ0v) is 11.9. The van der Waals surface area contributed by atoms with E-state index in [1.165, 1.54) is 7.11 Å². The molecule has 1 rings (SSSR count). The number of amides is 1. The predicted octanol–water partition coefficient (Wildman–Crippen LogP) is 1.22. The van der Waals surface area contributed by atoms with Crippen molar-refractivity contribution in [1.29, 1.82) is 0 Å². The second kappa shape index (κ2) is 6.94.